The first-order chi connectivity index (χ1) is 16.0. The molecule has 0 fully saturated rings. The van der Waals surface area contributed by atoms with E-state index in [4.69, 9.17) is 9.47 Å². The molecule has 0 spiro atoms. The van der Waals surface area contributed by atoms with Crippen LogP contribution in [0.1, 0.15) is 11.1 Å². The molecule has 3 aromatic carbocycles. The number of para-hydroxylation sites is 2. The number of nitro benzene ring substituents is 1. The summed E-state index contributed by atoms with van der Waals surface area (Å²) in [5, 5.41) is 11.8. The van der Waals surface area contributed by atoms with Gasteiger partial charge in [0.15, 0.2) is 16.5 Å². The van der Waals surface area contributed by atoms with Gasteiger partial charge >= 0.3 is 0 Å². The van der Waals surface area contributed by atoms with E-state index in [1.54, 1.807) is 0 Å². The average molecular weight is 459 g/mol. The molecular weight excluding hydrogens is 442 g/mol. The van der Waals surface area contributed by atoms with Gasteiger partial charge in [-0.05, 0) is 29.8 Å². The minimum absolute atomic E-state index is 0.186. The number of fused-ring (bicyclic) bond motifs is 3. The van der Waals surface area contributed by atoms with Gasteiger partial charge in [-0.1, -0.05) is 53.8 Å². The maximum absolute atomic E-state index is 13.0. The molecule has 0 radical (unpaired) electrons. The van der Waals surface area contributed by atoms with E-state index in [1.807, 2.05) is 54.6 Å². The van der Waals surface area contributed by atoms with Gasteiger partial charge in [0.05, 0.1) is 39.2 Å². The quantitative estimate of drug-likeness (QED) is 0.282. The molecule has 0 unspecified atom stereocenters. The van der Waals surface area contributed by atoms with Gasteiger partial charge in [-0.2, -0.15) is 0 Å². The van der Waals surface area contributed by atoms with E-state index < -0.39 is 4.92 Å². The smallest absolute Gasteiger partial charge is 0.280 e. The molecule has 164 valence electrons. The van der Waals surface area contributed by atoms with Crippen LogP contribution in [0.25, 0.3) is 22.1 Å². The molecule has 2 heterocycles. The fraction of sp³-hybridized carbons (Fsp3) is 0.0833. The number of ether oxygens (including phenoxy) is 2. The summed E-state index contributed by atoms with van der Waals surface area (Å²) >= 11 is 1.18. The third-order valence-electron chi connectivity index (χ3n) is 5.18. The number of nitro groups is 1. The van der Waals surface area contributed by atoms with Crippen molar-refractivity contribution in [1.29, 1.82) is 0 Å². The Kier molecular flexibility index (Phi) is 5.23. The molecule has 0 atom stereocenters. The summed E-state index contributed by atoms with van der Waals surface area (Å²) in [6.45, 7) is 0.233. The Balaban J connectivity index is 1.60. The SMILES string of the molecule is COc1cc(C=c2sc3nc4ccccc4n3c2=O)c([N+](=O)[O-])cc1OCc1ccccc1. The first-order valence-corrected chi connectivity index (χ1v) is 10.8. The Labute approximate surface area is 191 Å². The topological polar surface area (TPSA) is 96.0 Å². The van der Waals surface area contributed by atoms with Crippen molar-refractivity contribution >= 4 is 39.1 Å². The van der Waals surface area contributed by atoms with Gasteiger partial charge in [0, 0.05) is 0 Å². The van der Waals surface area contributed by atoms with Crippen molar-refractivity contribution in [2.24, 2.45) is 0 Å². The van der Waals surface area contributed by atoms with Gasteiger partial charge in [0.25, 0.3) is 11.2 Å². The van der Waals surface area contributed by atoms with Gasteiger partial charge in [-0.25, -0.2) is 9.38 Å². The Hall–Kier alpha value is -4.24. The Morgan fingerprint density at radius 1 is 1.09 bits per heavy atom. The van der Waals surface area contributed by atoms with E-state index in [1.165, 1.54) is 41.1 Å². The molecule has 2 aromatic heterocycles. The van der Waals surface area contributed by atoms with Crippen molar-refractivity contribution in [3.8, 4) is 11.5 Å². The lowest BCUT2D eigenvalue weighted by Gasteiger charge is -2.12. The lowest BCUT2D eigenvalue weighted by molar-refractivity contribution is -0.385. The van der Waals surface area contributed by atoms with Gasteiger partial charge in [-0.15, -0.1) is 0 Å². The fourth-order valence-electron chi connectivity index (χ4n) is 3.60. The normalized spacial score (nSPS) is 11.8. The number of imidazole rings is 1. The summed E-state index contributed by atoms with van der Waals surface area (Å²) < 4.78 is 13.1. The van der Waals surface area contributed by atoms with E-state index in [9.17, 15) is 14.9 Å². The third kappa shape index (κ3) is 3.79. The molecule has 0 saturated carbocycles. The van der Waals surface area contributed by atoms with Gasteiger partial charge in [0.1, 0.15) is 6.61 Å². The molecule has 8 nitrogen and oxygen atoms in total. The summed E-state index contributed by atoms with van der Waals surface area (Å²) in [6.07, 6.45) is 1.50. The van der Waals surface area contributed by atoms with Crippen LogP contribution >= 0.6 is 11.3 Å². The molecule has 0 bridgehead atoms. The summed E-state index contributed by atoms with van der Waals surface area (Å²) in [6, 6.07) is 19.6. The minimum atomic E-state index is -0.501. The standard InChI is InChI=1S/C24H17N3O5S/c1-31-20-11-16(19(27(29)30)13-21(20)32-14-15-7-3-2-4-8-15)12-22-23(28)26-18-10-6-5-9-17(18)25-24(26)33-22/h2-13H,14H2,1H3. The highest BCUT2D eigenvalue weighted by molar-refractivity contribution is 7.15. The van der Waals surface area contributed by atoms with Crippen LogP contribution in [0.2, 0.25) is 0 Å². The zero-order chi connectivity index (χ0) is 22.9. The summed E-state index contributed by atoms with van der Waals surface area (Å²) in [4.78, 5) is 29.4. The molecule has 0 aliphatic heterocycles. The highest BCUT2D eigenvalue weighted by Gasteiger charge is 2.20. The van der Waals surface area contributed by atoms with Crippen LogP contribution in [0.15, 0.2) is 71.5 Å². The Morgan fingerprint density at radius 3 is 2.61 bits per heavy atom. The van der Waals surface area contributed by atoms with Crippen molar-refractivity contribution in [1.82, 2.24) is 9.38 Å². The van der Waals surface area contributed by atoms with Crippen molar-refractivity contribution in [2.75, 3.05) is 7.11 Å². The third-order valence-corrected chi connectivity index (χ3v) is 6.15. The van der Waals surface area contributed by atoms with Crippen LogP contribution in [-0.4, -0.2) is 21.4 Å². The van der Waals surface area contributed by atoms with Gasteiger partial charge in [-0.3, -0.25) is 14.9 Å². The second-order valence-corrected chi connectivity index (χ2v) is 8.24. The molecule has 5 aromatic rings. The highest BCUT2D eigenvalue weighted by atomic mass is 32.1. The molecule has 0 aliphatic carbocycles. The van der Waals surface area contributed by atoms with Crippen molar-refractivity contribution < 1.29 is 14.4 Å². The lowest BCUT2D eigenvalue weighted by atomic mass is 10.1. The number of rotatable bonds is 6. The highest BCUT2D eigenvalue weighted by Crippen LogP contribution is 2.35. The Morgan fingerprint density at radius 2 is 1.85 bits per heavy atom. The number of aromatic nitrogens is 2. The maximum Gasteiger partial charge on any atom is 0.280 e. The molecule has 0 aliphatic rings. The number of thiazole rings is 1. The van der Waals surface area contributed by atoms with Crippen molar-refractivity contribution in [3.63, 3.8) is 0 Å². The molecule has 5 rings (SSSR count). The van der Waals surface area contributed by atoms with Crippen molar-refractivity contribution in [3.05, 3.63) is 103 Å². The zero-order valence-electron chi connectivity index (χ0n) is 17.4. The zero-order valence-corrected chi connectivity index (χ0v) is 18.2. The summed E-state index contributed by atoms with van der Waals surface area (Å²) in [7, 11) is 1.46. The number of hydrogen-bond donors (Lipinski definition) is 0. The first-order valence-electron chi connectivity index (χ1n) is 10.00. The number of nitrogens with zero attached hydrogens (tertiary/aromatic N) is 3. The minimum Gasteiger partial charge on any atom is -0.493 e. The van der Waals surface area contributed by atoms with Crippen LogP contribution in [0.4, 0.5) is 5.69 Å². The molecule has 9 heteroatoms. The average Bonchev–Trinajstić information content (AvgIpc) is 3.34. The van der Waals surface area contributed by atoms with Crippen LogP contribution in [0.5, 0.6) is 11.5 Å². The van der Waals surface area contributed by atoms with Crippen LogP contribution in [0, 0.1) is 10.1 Å². The number of benzene rings is 3. The maximum atomic E-state index is 13.0. The number of hydrogen-bond acceptors (Lipinski definition) is 7. The van der Waals surface area contributed by atoms with E-state index in [0.717, 1.165) is 11.1 Å². The Bertz CT molecular complexity index is 1610. The van der Waals surface area contributed by atoms with Crippen LogP contribution in [0.3, 0.4) is 0 Å². The fourth-order valence-corrected chi connectivity index (χ4v) is 4.58. The molecule has 33 heavy (non-hydrogen) atoms. The largest absolute Gasteiger partial charge is 0.493 e. The molecule has 0 N–H and O–H groups in total. The molecular formula is C24H17N3O5S. The van der Waals surface area contributed by atoms with Crippen LogP contribution in [-0.2, 0) is 6.61 Å². The number of methoxy groups -OCH3 is 1. The molecule has 0 amide bonds. The van der Waals surface area contributed by atoms with E-state index in [0.29, 0.717) is 20.8 Å². The lowest BCUT2D eigenvalue weighted by Crippen LogP contribution is -2.22. The van der Waals surface area contributed by atoms with Gasteiger partial charge < -0.3 is 9.47 Å². The van der Waals surface area contributed by atoms with Gasteiger partial charge in [0.2, 0.25) is 0 Å². The van der Waals surface area contributed by atoms with Crippen molar-refractivity contribution in [2.45, 2.75) is 6.61 Å². The van der Waals surface area contributed by atoms with E-state index >= 15 is 0 Å². The van der Waals surface area contributed by atoms with E-state index in [2.05, 4.69) is 4.98 Å². The second kappa shape index (κ2) is 8.36. The summed E-state index contributed by atoms with van der Waals surface area (Å²) in [5.74, 6) is 0.585. The van der Waals surface area contributed by atoms with Crippen LogP contribution < -0.4 is 19.6 Å². The molecule has 0 saturated heterocycles. The predicted octanol–water partition coefficient (Wildman–Crippen LogP) is 3.95. The first kappa shape index (κ1) is 20.7. The second-order valence-electron chi connectivity index (χ2n) is 7.23. The van der Waals surface area contributed by atoms with E-state index in [-0.39, 0.29) is 29.2 Å². The summed E-state index contributed by atoms with van der Waals surface area (Å²) in [5.41, 5.74) is 2.12. The monoisotopic (exact) mass is 459 g/mol. The predicted molar refractivity (Wildman–Crippen MR) is 126 cm³/mol.